The third kappa shape index (κ3) is 2.66. The quantitative estimate of drug-likeness (QED) is 0.482. The van der Waals surface area contributed by atoms with Gasteiger partial charge in [-0.05, 0) is 36.6 Å². The molecule has 0 atom stereocenters. The number of allylic oxidation sites excluding steroid dienone is 1. The summed E-state index contributed by atoms with van der Waals surface area (Å²) in [6, 6.07) is 4.35. The van der Waals surface area contributed by atoms with E-state index in [-0.39, 0.29) is 5.69 Å². The molecule has 0 aliphatic rings. The molecule has 5 heteroatoms. The third-order valence-corrected chi connectivity index (χ3v) is 2.19. The van der Waals surface area contributed by atoms with Crippen molar-refractivity contribution < 1.29 is 14.8 Å². The maximum atomic E-state index is 10.5. The van der Waals surface area contributed by atoms with E-state index in [4.69, 9.17) is 5.11 Å². The first-order valence-corrected chi connectivity index (χ1v) is 4.58. The van der Waals surface area contributed by atoms with Crippen molar-refractivity contribution in [1.82, 2.24) is 0 Å². The molecule has 0 saturated heterocycles. The van der Waals surface area contributed by atoms with Crippen molar-refractivity contribution in [3.8, 4) is 0 Å². The summed E-state index contributed by atoms with van der Waals surface area (Å²) in [6.07, 6.45) is 1.08. The van der Waals surface area contributed by atoms with Gasteiger partial charge in [-0.3, -0.25) is 10.1 Å². The number of nitro benzene ring substituents is 1. The SMILES string of the molecule is CC(=CC(=O)O)c1ccc([N+](=O)[O-])cc1C. The van der Waals surface area contributed by atoms with Gasteiger partial charge in [0.05, 0.1) is 4.92 Å². The summed E-state index contributed by atoms with van der Waals surface area (Å²) in [5, 5.41) is 19.1. The number of aliphatic carboxylic acids is 1. The number of non-ortho nitro benzene ring substituents is 1. The molecular formula is C11H11NO4. The first-order chi connectivity index (χ1) is 7.41. The Balaban J connectivity index is 3.18. The average Bonchev–Trinajstić information content (AvgIpc) is 2.15. The number of carboxylic acids is 1. The lowest BCUT2D eigenvalue weighted by Gasteiger charge is -2.04. The van der Waals surface area contributed by atoms with Crippen LogP contribution in [0.4, 0.5) is 5.69 Å². The van der Waals surface area contributed by atoms with Gasteiger partial charge in [-0.1, -0.05) is 0 Å². The Bertz CT molecular complexity index is 477. The molecule has 0 saturated carbocycles. The van der Waals surface area contributed by atoms with Gasteiger partial charge in [-0.25, -0.2) is 4.79 Å². The molecule has 0 spiro atoms. The Hall–Kier alpha value is -2.17. The summed E-state index contributed by atoms with van der Waals surface area (Å²) in [5.74, 6) is -1.03. The van der Waals surface area contributed by atoms with Crippen LogP contribution in [0.5, 0.6) is 0 Å². The zero-order chi connectivity index (χ0) is 12.3. The van der Waals surface area contributed by atoms with Gasteiger partial charge in [0.25, 0.3) is 5.69 Å². The van der Waals surface area contributed by atoms with E-state index in [0.717, 1.165) is 6.08 Å². The Morgan fingerprint density at radius 1 is 1.50 bits per heavy atom. The van der Waals surface area contributed by atoms with Crippen LogP contribution in [-0.4, -0.2) is 16.0 Å². The van der Waals surface area contributed by atoms with Crippen LogP contribution in [0, 0.1) is 17.0 Å². The van der Waals surface area contributed by atoms with Crippen LogP contribution >= 0.6 is 0 Å². The minimum absolute atomic E-state index is 0.00405. The zero-order valence-electron chi connectivity index (χ0n) is 8.93. The number of nitrogens with zero attached hydrogens (tertiary/aromatic N) is 1. The van der Waals surface area contributed by atoms with Crippen LogP contribution in [-0.2, 0) is 4.79 Å². The topological polar surface area (TPSA) is 80.4 Å². The molecule has 1 rings (SSSR count). The minimum Gasteiger partial charge on any atom is -0.478 e. The molecule has 0 aliphatic carbocycles. The molecule has 0 fully saturated rings. The molecule has 1 aromatic rings. The maximum Gasteiger partial charge on any atom is 0.328 e. The smallest absolute Gasteiger partial charge is 0.328 e. The maximum absolute atomic E-state index is 10.5. The lowest BCUT2D eigenvalue weighted by Crippen LogP contribution is -1.94. The Morgan fingerprint density at radius 3 is 2.56 bits per heavy atom. The van der Waals surface area contributed by atoms with Gasteiger partial charge >= 0.3 is 5.97 Å². The highest BCUT2D eigenvalue weighted by Gasteiger charge is 2.09. The van der Waals surface area contributed by atoms with E-state index in [1.54, 1.807) is 19.9 Å². The molecule has 0 radical (unpaired) electrons. The van der Waals surface area contributed by atoms with Gasteiger partial charge < -0.3 is 5.11 Å². The van der Waals surface area contributed by atoms with Crippen molar-refractivity contribution in [2.24, 2.45) is 0 Å². The minimum atomic E-state index is -1.03. The predicted octanol–water partition coefficient (Wildman–Crippen LogP) is 2.39. The number of benzene rings is 1. The number of carbonyl (C=O) groups is 1. The zero-order valence-corrected chi connectivity index (χ0v) is 8.93. The van der Waals surface area contributed by atoms with Gasteiger partial charge in [0.2, 0.25) is 0 Å². The Morgan fingerprint density at radius 2 is 2.12 bits per heavy atom. The molecule has 0 heterocycles. The highest BCUT2D eigenvalue weighted by atomic mass is 16.6. The van der Waals surface area contributed by atoms with E-state index in [1.165, 1.54) is 12.1 Å². The van der Waals surface area contributed by atoms with Gasteiger partial charge in [0.15, 0.2) is 0 Å². The first-order valence-electron chi connectivity index (χ1n) is 4.58. The number of hydrogen-bond donors (Lipinski definition) is 1. The summed E-state index contributed by atoms with van der Waals surface area (Å²) < 4.78 is 0. The summed E-state index contributed by atoms with van der Waals surface area (Å²) in [7, 11) is 0. The lowest BCUT2D eigenvalue weighted by atomic mass is 10.0. The average molecular weight is 221 g/mol. The number of carboxylic acid groups (broad SMARTS) is 1. The van der Waals surface area contributed by atoms with Gasteiger partial charge in [0.1, 0.15) is 0 Å². The molecule has 0 bridgehead atoms. The molecule has 1 N–H and O–H groups in total. The second-order valence-electron chi connectivity index (χ2n) is 3.42. The Labute approximate surface area is 92.2 Å². The standard InChI is InChI=1S/C11H11NO4/c1-7-5-9(12(15)16)3-4-10(7)8(2)6-11(13)14/h3-6H,1-2H3,(H,13,14). The summed E-state index contributed by atoms with van der Waals surface area (Å²) >= 11 is 0. The molecule has 16 heavy (non-hydrogen) atoms. The molecular weight excluding hydrogens is 210 g/mol. The van der Waals surface area contributed by atoms with E-state index in [1.807, 2.05) is 0 Å². The van der Waals surface area contributed by atoms with Crippen LogP contribution in [0.1, 0.15) is 18.1 Å². The number of aryl methyl sites for hydroxylation is 1. The number of rotatable bonds is 3. The van der Waals surface area contributed by atoms with Crippen LogP contribution < -0.4 is 0 Å². The molecule has 0 amide bonds. The highest BCUT2D eigenvalue weighted by Crippen LogP contribution is 2.22. The summed E-state index contributed by atoms with van der Waals surface area (Å²) in [5.41, 5.74) is 1.96. The predicted molar refractivity (Wildman–Crippen MR) is 59.1 cm³/mol. The third-order valence-electron chi connectivity index (χ3n) is 2.19. The molecule has 0 unspecified atom stereocenters. The largest absolute Gasteiger partial charge is 0.478 e. The van der Waals surface area contributed by atoms with E-state index in [9.17, 15) is 14.9 Å². The normalized spacial score (nSPS) is 11.2. The van der Waals surface area contributed by atoms with Gasteiger partial charge in [-0.15, -0.1) is 0 Å². The first kappa shape index (κ1) is 11.9. The van der Waals surface area contributed by atoms with Crippen molar-refractivity contribution >= 4 is 17.2 Å². The van der Waals surface area contributed by atoms with E-state index in [0.29, 0.717) is 16.7 Å². The second kappa shape index (κ2) is 4.57. The van der Waals surface area contributed by atoms with E-state index in [2.05, 4.69) is 0 Å². The fourth-order valence-corrected chi connectivity index (χ4v) is 1.47. The van der Waals surface area contributed by atoms with Gasteiger partial charge in [-0.2, -0.15) is 0 Å². The highest BCUT2D eigenvalue weighted by molar-refractivity contribution is 5.90. The number of nitro groups is 1. The van der Waals surface area contributed by atoms with Crippen molar-refractivity contribution in [3.63, 3.8) is 0 Å². The van der Waals surface area contributed by atoms with Crippen LogP contribution in [0.25, 0.3) is 5.57 Å². The van der Waals surface area contributed by atoms with Gasteiger partial charge in [0, 0.05) is 18.2 Å². The van der Waals surface area contributed by atoms with Crippen LogP contribution in [0.2, 0.25) is 0 Å². The lowest BCUT2D eigenvalue weighted by molar-refractivity contribution is -0.384. The summed E-state index contributed by atoms with van der Waals surface area (Å²) in [6.45, 7) is 3.36. The molecule has 84 valence electrons. The van der Waals surface area contributed by atoms with E-state index >= 15 is 0 Å². The Kier molecular flexibility index (Phi) is 3.40. The fourth-order valence-electron chi connectivity index (χ4n) is 1.47. The second-order valence-corrected chi connectivity index (χ2v) is 3.42. The van der Waals surface area contributed by atoms with Crippen molar-refractivity contribution in [1.29, 1.82) is 0 Å². The molecule has 1 aromatic carbocycles. The van der Waals surface area contributed by atoms with Crippen molar-refractivity contribution in [2.45, 2.75) is 13.8 Å². The summed E-state index contributed by atoms with van der Waals surface area (Å²) in [4.78, 5) is 20.5. The molecule has 0 aromatic heterocycles. The van der Waals surface area contributed by atoms with Crippen LogP contribution in [0.15, 0.2) is 24.3 Å². The fraction of sp³-hybridized carbons (Fsp3) is 0.182. The number of hydrogen-bond acceptors (Lipinski definition) is 3. The van der Waals surface area contributed by atoms with Crippen molar-refractivity contribution in [2.75, 3.05) is 0 Å². The molecule has 5 nitrogen and oxygen atoms in total. The monoisotopic (exact) mass is 221 g/mol. The van der Waals surface area contributed by atoms with Crippen molar-refractivity contribution in [3.05, 3.63) is 45.5 Å². The molecule has 0 aliphatic heterocycles. The van der Waals surface area contributed by atoms with Crippen LogP contribution in [0.3, 0.4) is 0 Å². The van der Waals surface area contributed by atoms with E-state index < -0.39 is 10.9 Å².